The van der Waals surface area contributed by atoms with E-state index in [9.17, 15) is 4.79 Å². The van der Waals surface area contributed by atoms with Crippen molar-refractivity contribution in [1.29, 1.82) is 0 Å². The number of carbonyl (C=O) groups is 1. The highest BCUT2D eigenvalue weighted by atomic mass is 16.5. The van der Waals surface area contributed by atoms with Crippen molar-refractivity contribution < 1.29 is 9.53 Å². The van der Waals surface area contributed by atoms with Crippen molar-refractivity contribution >= 4 is 5.91 Å². The molecule has 1 aliphatic heterocycles. The van der Waals surface area contributed by atoms with E-state index in [1.807, 2.05) is 6.07 Å². The van der Waals surface area contributed by atoms with E-state index in [1.165, 1.54) is 16.7 Å². The molecule has 1 saturated heterocycles. The predicted octanol–water partition coefficient (Wildman–Crippen LogP) is 4.11. The van der Waals surface area contributed by atoms with E-state index in [-0.39, 0.29) is 17.4 Å². The van der Waals surface area contributed by atoms with E-state index in [0.717, 1.165) is 32.7 Å². The molecular formula is C25H34N2O2. The predicted molar refractivity (Wildman–Crippen MR) is 118 cm³/mol. The molecule has 1 amide bonds. The second-order valence-corrected chi connectivity index (χ2v) is 8.83. The standard InChI is InChI=1S/C25H34N2O2/c1-25(2,3)22-12-9-20(10-13-22)11-14-24(28)26-19-23(21-7-5-4-6-8-21)27-15-17-29-18-16-27/h4-10,12-13,23H,11,14-19H2,1-3H3,(H,26,28). The molecule has 1 heterocycles. The van der Waals surface area contributed by atoms with Gasteiger partial charge in [0.1, 0.15) is 0 Å². The maximum absolute atomic E-state index is 12.5. The molecule has 0 saturated carbocycles. The molecule has 1 N–H and O–H groups in total. The Morgan fingerprint density at radius 2 is 1.69 bits per heavy atom. The van der Waals surface area contributed by atoms with Crippen LogP contribution >= 0.6 is 0 Å². The fourth-order valence-corrected chi connectivity index (χ4v) is 3.75. The van der Waals surface area contributed by atoms with E-state index in [2.05, 4.69) is 79.5 Å². The van der Waals surface area contributed by atoms with Crippen molar-refractivity contribution in [1.82, 2.24) is 10.2 Å². The fourth-order valence-electron chi connectivity index (χ4n) is 3.75. The van der Waals surface area contributed by atoms with Crippen LogP contribution in [-0.2, 0) is 21.4 Å². The first-order valence-corrected chi connectivity index (χ1v) is 10.7. The van der Waals surface area contributed by atoms with Gasteiger partial charge in [-0.1, -0.05) is 75.4 Å². The highest BCUT2D eigenvalue weighted by Crippen LogP contribution is 2.23. The maximum atomic E-state index is 12.5. The molecule has 3 rings (SSSR count). The number of hydrogen-bond acceptors (Lipinski definition) is 3. The topological polar surface area (TPSA) is 41.6 Å². The third-order valence-corrected chi connectivity index (χ3v) is 5.62. The van der Waals surface area contributed by atoms with Gasteiger partial charge in [-0.15, -0.1) is 0 Å². The Morgan fingerprint density at radius 1 is 1.03 bits per heavy atom. The third kappa shape index (κ3) is 6.41. The Balaban J connectivity index is 1.53. The number of benzene rings is 2. The Kier molecular flexibility index (Phi) is 7.45. The number of nitrogens with zero attached hydrogens (tertiary/aromatic N) is 1. The summed E-state index contributed by atoms with van der Waals surface area (Å²) in [5, 5.41) is 3.16. The Morgan fingerprint density at radius 3 is 2.31 bits per heavy atom. The molecule has 1 atom stereocenters. The summed E-state index contributed by atoms with van der Waals surface area (Å²) in [4.78, 5) is 14.9. The number of amides is 1. The molecule has 0 aliphatic carbocycles. The molecule has 1 aliphatic rings. The van der Waals surface area contributed by atoms with Crippen molar-refractivity contribution in [3.05, 3.63) is 71.3 Å². The zero-order valence-electron chi connectivity index (χ0n) is 18.0. The van der Waals surface area contributed by atoms with Gasteiger partial charge in [0.05, 0.1) is 19.3 Å². The first kappa shape index (κ1) is 21.5. The summed E-state index contributed by atoms with van der Waals surface area (Å²) < 4.78 is 5.50. The van der Waals surface area contributed by atoms with Gasteiger partial charge in [-0.2, -0.15) is 0 Å². The molecule has 2 aromatic rings. The van der Waals surface area contributed by atoms with Crippen LogP contribution in [0.25, 0.3) is 0 Å². The summed E-state index contributed by atoms with van der Waals surface area (Å²) in [6.45, 7) is 10.6. The Labute approximate surface area is 175 Å². The van der Waals surface area contributed by atoms with Crippen LogP contribution in [0.1, 0.15) is 49.9 Å². The average Bonchev–Trinajstić information content (AvgIpc) is 2.73. The lowest BCUT2D eigenvalue weighted by atomic mass is 9.86. The van der Waals surface area contributed by atoms with Gasteiger partial charge in [-0.05, 0) is 28.5 Å². The first-order chi connectivity index (χ1) is 13.9. The number of hydrogen-bond donors (Lipinski definition) is 1. The van der Waals surface area contributed by atoms with E-state index in [0.29, 0.717) is 13.0 Å². The molecule has 0 spiro atoms. The highest BCUT2D eigenvalue weighted by molar-refractivity contribution is 5.76. The van der Waals surface area contributed by atoms with Crippen molar-refractivity contribution in [2.45, 2.75) is 45.1 Å². The van der Waals surface area contributed by atoms with Crippen LogP contribution in [-0.4, -0.2) is 43.7 Å². The van der Waals surface area contributed by atoms with Crippen LogP contribution in [0.3, 0.4) is 0 Å². The summed E-state index contributed by atoms with van der Waals surface area (Å²) in [7, 11) is 0. The van der Waals surface area contributed by atoms with Crippen LogP contribution in [0.15, 0.2) is 54.6 Å². The molecule has 2 aromatic carbocycles. The van der Waals surface area contributed by atoms with Gasteiger partial charge in [0.15, 0.2) is 0 Å². The van der Waals surface area contributed by atoms with Crippen molar-refractivity contribution in [3.63, 3.8) is 0 Å². The monoisotopic (exact) mass is 394 g/mol. The first-order valence-electron chi connectivity index (χ1n) is 10.7. The molecule has 1 unspecified atom stereocenters. The van der Waals surface area contributed by atoms with E-state index in [1.54, 1.807) is 0 Å². The molecule has 0 aromatic heterocycles. The minimum atomic E-state index is 0.110. The average molecular weight is 395 g/mol. The SMILES string of the molecule is CC(C)(C)c1ccc(CCC(=O)NCC(c2ccccc2)N2CCOCC2)cc1. The largest absolute Gasteiger partial charge is 0.379 e. The molecule has 0 radical (unpaired) electrons. The molecule has 29 heavy (non-hydrogen) atoms. The summed E-state index contributed by atoms with van der Waals surface area (Å²) in [5.41, 5.74) is 3.93. The van der Waals surface area contributed by atoms with Crippen LogP contribution < -0.4 is 5.32 Å². The maximum Gasteiger partial charge on any atom is 0.220 e. The van der Waals surface area contributed by atoms with Crippen LogP contribution in [0.5, 0.6) is 0 Å². The smallest absolute Gasteiger partial charge is 0.220 e. The summed E-state index contributed by atoms with van der Waals surface area (Å²) in [5.74, 6) is 0.110. The normalized spacial score (nSPS) is 16.4. The van der Waals surface area contributed by atoms with Gasteiger partial charge in [0, 0.05) is 26.1 Å². The zero-order valence-corrected chi connectivity index (χ0v) is 18.0. The lowest BCUT2D eigenvalue weighted by Gasteiger charge is -2.35. The van der Waals surface area contributed by atoms with Crippen LogP contribution in [0.4, 0.5) is 0 Å². The lowest BCUT2D eigenvalue weighted by Crippen LogP contribution is -2.43. The van der Waals surface area contributed by atoms with Crippen molar-refractivity contribution in [2.75, 3.05) is 32.8 Å². The zero-order chi connectivity index (χ0) is 20.7. The number of morpholine rings is 1. The van der Waals surface area contributed by atoms with Gasteiger partial charge in [-0.25, -0.2) is 0 Å². The number of rotatable bonds is 7. The third-order valence-electron chi connectivity index (χ3n) is 5.62. The number of carbonyl (C=O) groups excluding carboxylic acids is 1. The number of ether oxygens (including phenoxy) is 1. The van der Waals surface area contributed by atoms with E-state index >= 15 is 0 Å². The quantitative estimate of drug-likeness (QED) is 0.768. The van der Waals surface area contributed by atoms with Crippen molar-refractivity contribution in [3.8, 4) is 0 Å². The van der Waals surface area contributed by atoms with Crippen molar-refractivity contribution in [2.24, 2.45) is 0 Å². The highest BCUT2D eigenvalue weighted by Gasteiger charge is 2.23. The molecule has 156 valence electrons. The van der Waals surface area contributed by atoms with Crippen LogP contribution in [0.2, 0.25) is 0 Å². The van der Waals surface area contributed by atoms with Gasteiger partial charge in [-0.3, -0.25) is 9.69 Å². The molecule has 0 bridgehead atoms. The molecule has 1 fully saturated rings. The second-order valence-electron chi connectivity index (χ2n) is 8.83. The van der Waals surface area contributed by atoms with Gasteiger partial charge < -0.3 is 10.1 Å². The van der Waals surface area contributed by atoms with Crippen LogP contribution in [0, 0.1) is 0 Å². The minimum Gasteiger partial charge on any atom is -0.379 e. The van der Waals surface area contributed by atoms with E-state index < -0.39 is 0 Å². The molecular weight excluding hydrogens is 360 g/mol. The fraction of sp³-hybridized carbons (Fsp3) is 0.480. The lowest BCUT2D eigenvalue weighted by molar-refractivity contribution is -0.121. The minimum absolute atomic E-state index is 0.110. The second kappa shape index (κ2) is 10.0. The number of aryl methyl sites for hydroxylation is 1. The van der Waals surface area contributed by atoms with Gasteiger partial charge in [0.2, 0.25) is 5.91 Å². The molecule has 4 heteroatoms. The van der Waals surface area contributed by atoms with E-state index in [4.69, 9.17) is 4.74 Å². The van der Waals surface area contributed by atoms with Gasteiger partial charge in [0.25, 0.3) is 0 Å². The summed E-state index contributed by atoms with van der Waals surface area (Å²) >= 11 is 0. The van der Waals surface area contributed by atoms with Gasteiger partial charge >= 0.3 is 0 Å². The summed E-state index contributed by atoms with van der Waals surface area (Å²) in [6, 6.07) is 19.3. The molecule has 4 nitrogen and oxygen atoms in total. The Hall–Kier alpha value is -2.17. The Bertz CT molecular complexity index is 760. The number of nitrogens with one attached hydrogen (secondary N) is 1. The summed E-state index contributed by atoms with van der Waals surface area (Å²) in [6.07, 6.45) is 1.28.